The number of rotatable bonds is 7. The van der Waals surface area contributed by atoms with Gasteiger partial charge >= 0.3 is 0 Å². The number of aliphatic hydroxyl groups excluding tert-OH is 1. The molecule has 0 unspecified atom stereocenters. The van der Waals surface area contributed by atoms with Crippen molar-refractivity contribution in [2.45, 2.75) is 58.8 Å². The van der Waals surface area contributed by atoms with E-state index in [1.54, 1.807) is 0 Å². The Labute approximate surface area is 87.1 Å². The number of carboxylic acids is 1. The average molecular weight is 204 g/mol. The predicted molar refractivity (Wildman–Crippen MR) is 58.4 cm³/mol. The average Bonchev–Trinajstić information content (AvgIpc) is 2.10. The molecule has 0 aromatic rings. The van der Waals surface area contributed by atoms with E-state index in [1.165, 1.54) is 38.5 Å². The van der Waals surface area contributed by atoms with E-state index in [-0.39, 0.29) is 0 Å². The van der Waals surface area contributed by atoms with Gasteiger partial charge in [-0.05, 0) is 6.42 Å². The van der Waals surface area contributed by atoms with Gasteiger partial charge < -0.3 is 10.2 Å². The van der Waals surface area contributed by atoms with E-state index in [2.05, 4.69) is 6.92 Å². The second-order valence-electron chi connectivity index (χ2n) is 3.36. The molecule has 0 amide bonds. The summed E-state index contributed by atoms with van der Waals surface area (Å²) >= 11 is 0. The van der Waals surface area contributed by atoms with Crippen molar-refractivity contribution in [2.75, 3.05) is 6.61 Å². The van der Waals surface area contributed by atoms with Crippen molar-refractivity contribution >= 4 is 5.97 Å². The van der Waals surface area contributed by atoms with Crippen molar-refractivity contribution in [1.82, 2.24) is 0 Å². The molecule has 0 spiro atoms. The van der Waals surface area contributed by atoms with Gasteiger partial charge in [0.15, 0.2) is 0 Å². The zero-order chi connectivity index (χ0) is 11.2. The molecule has 86 valence electrons. The van der Waals surface area contributed by atoms with Gasteiger partial charge in [0.05, 0.1) is 0 Å². The Hall–Kier alpha value is -0.570. The summed E-state index contributed by atoms with van der Waals surface area (Å²) in [5.74, 6) is -0.833. The van der Waals surface area contributed by atoms with Crippen LogP contribution in [0.2, 0.25) is 0 Å². The first-order valence-electron chi connectivity index (χ1n) is 5.45. The SMILES string of the molecule is CC(=O)O.CCCCCCCCCO. The van der Waals surface area contributed by atoms with E-state index < -0.39 is 5.97 Å². The Morgan fingerprint density at radius 3 is 1.71 bits per heavy atom. The molecule has 3 nitrogen and oxygen atoms in total. The van der Waals surface area contributed by atoms with Crippen LogP contribution in [0.15, 0.2) is 0 Å². The molecule has 14 heavy (non-hydrogen) atoms. The van der Waals surface area contributed by atoms with E-state index in [9.17, 15) is 0 Å². The van der Waals surface area contributed by atoms with E-state index in [1.807, 2.05) is 0 Å². The number of aliphatic hydroxyl groups is 1. The summed E-state index contributed by atoms with van der Waals surface area (Å²) in [6.45, 7) is 3.68. The van der Waals surface area contributed by atoms with Crippen LogP contribution >= 0.6 is 0 Å². The summed E-state index contributed by atoms with van der Waals surface area (Å²) in [6.07, 6.45) is 8.93. The summed E-state index contributed by atoms with van der Waals surface area (Å²) < 4.78 is 0. The summed E-state index contributed by atoms with van der Waals surface area (Å²) in [4.78, 5) is 9.00. The van der Waals surface area contributed by atoms with Gasteiger partial charge in [0.2, 0.25) is 0 Å². The molecule has 0 aromatic heterocycles. The molecule has 0 aliphatic rings. The van der Waals surface area contributed by atoms with E-state index >= 15 is 0 Å². The number of carboxylic acid groups (broad SMARTS) is 1. The van der Waals surface area contributed by atoms with Gasteiger partial charge in [0, 0.05) is 13.5 Å². The third-order valence-corrected chi connectivity index (χ3v) is 1.76. The molecular weight excluding hydrogens is 180 g/mol. The summed E-state index contributed by atoms with van der Waals surface area (Å²) in [5.41, 5.74) is 0. The van der Waals surface area contributed by atoms with Crippen molar-refractivity contribution in [1.29, 1.82) is 0 Å². The first-order chi connectivity index (χ1) is 6.65. The standard InChI is InChI=1S/C9H20O.C2H4O2/c1-2-3-4-5-6-7-8-9-10;1-2(3)4/h10H,2-9H2,1H3;1H3,(H,3,4). The Bertz CT molecular complexity index is 101. The van der Waals surface area contributed by atoms with Crippen LogP contribution in [-0.2, 0) is 4.79 Å². The maximum atomic E-state index is 9.00. The van der Waals surface area contributed by atoms with Gasteiger partial charge in [-0.15, -0.1) is 0 Å². The summed E-state index contributed by atoms with van der Waals surface area (Å²) in [6, 6.07) is 0. The topological polar surface area (TPSA) is 57.5 Å². The van der Waals surface area contributed by atoms with Crippen LogP contribution in [0.25, 0.3) is 0 Å². The number of hydrogen-bond acceptors (Lipinski definition) is 2. The highest BCUT2D eigenvalue weighted by atomic mass is 16.4. The molecule has 0 heterocycles. The zero-order valence-corrected chi connectivity index (χ0v) is 9.46. The highest BCUT2D eigenvalue weighted by Crippen LogP contribution is 2.05. The van der Waals surface area contributed by atoms with Crippen molar-refractivity contribution in [3.05, 3.63) is 0 Å². The number of unbranched alkanes of at least 4 members (excludes halogenated alkanes) is 6. The lowest BCUT2D eigenvalue weighted by Crippen LogP contribution is -1.83. The lowest BCUT2D eigenvalue weighted by atomic mass is 10.1. The molecule has 0 aliphatic heterocycles. The smallest absolute Gasteiger partial charge is 0.300 e. The Morgan fingerprint density at radius 2 is 1.36 bits per heavy atom. The van der Waals surface area contributed by atoms with Gasteiger partial charge in [-0.3, -0.25) is 4.79 Å². The molecule has 0 bridgehead atoms. The first-order valence-corrected chi connectivity index (χ1v) is 5.45. The second-order valence-corrected chi connectivity index (χ2v) is 3.36. The molecule has 0 radical (unpaired) electrons. The molecule has 0 rings (SSSR count). The zero-order valence-electron chi connectivity index (χ0n) is 9.46. The molecule has 0 aliphatic carbocycles. The predicted octanol–water partition coefficient (Wildman–Crippen LogP) is 2.82. The van der Waals surface area contributed by atoms with Gasteiger partial charge in [-0.2, -0.15) is 0 Å². The lowest BCUT2D eigenvalue weighted by Gasteiger charge is -1.97. The minimum atomic E-state index is -0.833. The van der Waals surface area contributed by atoms with Crippen LogP contribution in [0.5, 0.6) is 0 Å². The monoisotopic (exact) mass is 204 g/mol. The second kappa shape index (κ2) is 14.9. The van der Waals surface area contributed by atoms with Crippen LogP contribution in [0.1, 0.15) is 58.8 Å². The van der Waals surface area contributed by atoms with Crippen molar-refractivity contribution in [3.8, 4) is 0 Å². The maximum Gasteiger partial charge on any atom is 0.300 e. The minimum Gasteiger partial charge on any atom is -0.481 e. The molecule has 3 heteroatoms. The number of carbonyl (C=O) groups is 1. The highest BCUT2D eigenvalue weighted by Gasteiger charge is 1.88. The Kier molecular flexibility index (Phi) is 16.9. The van der Waals surface area contributed by atoms with Gasteiger partial charge in [-0.25, -0.2) is 0 Å². The number of aliphatic carboxylic acids is 1. The van der Waals surface area contributed by atoms with Crippen molar-refractivity contribution in [2.24, 2.45) is 0 Å². The normalized spacial score (nSPS) is 9.07. The van der Waals surface area contributed by atoms with E-state index in [0.717, 1.165) is 13.3 Å². The molecule has 0 aromatic carbocycles. The van der Waals surface area contributed by atoms with E-state index in [0.29, 0.717) is 6.61 Å². The van der Waals surface area contributed by atoms with E-state index in [4.69, 9.17) is 15.0 Å². The third kappa shape index (κ3) is 30.1. The summed E-state index contributed by atoms with van der Waals surface area (Å²) in [5, 5.41) is 15.9. The third-order valence-electron chi connectivity index (χ3n) is 1.76. The maximum absolute atomic E-state index is 9.00. The molecule has 0 saturated carbocycles. The minimum absolute atomic E-state index is 0.369. The van der Waals surface area contributed by atoms with Crippen LogP contribution in [0.4, 0.5) is 0 Å². The first kappa shape index (κ1) is 15.9. The largest absolute Gasteiger partial charge is 0.481 e. The molecular formula is C11H24O3. The lowest BCUT2D eigenvalue weighted by molar-refractivity contribution is -0.134. The van der Waals surface area contributed by atoms with Gasteiger partial charge in [-0.1, -0.05) is 45.4 Å². The van der Waals surface area contributed by atoms with Crippen LogP contribution in [0.3, 0.4) is 0 Å². The highest BCUT2D eigenvalue weighted by molar-refractivity contribution is 5.62. The van der Waals surface area contributed by atoms with Gasteiger partial charge in [0.25, 0.3) is 5.97 Å². The quantitative estimate of drug-likeness (QED) is 0.627. The Balaban J connectivity index is 0. The fourth-order valence-electron chi connectivity index (χ4n) is 1.07. The van der Waals surface area contributed by atoms with Crippen LogP contribution < -0.4 is 0 Å². The fourth-order valence-corrected chi connectivity index (χ4v) is 1.07. The molecule has 0 fully saturated rings. The van der Waals surface area contributed by atoms with Crippen molar-refractivity contribution in [3.63, 3.8) is 0 Å². The van der Waals surface area contributed by atoms with Crippen LogP contribution in [0, 0.1) is 0 Å². The van der Waals surface area contributed by atoms with Crippen molar-refractivity contribution < 1.29 is 15.0 Å². The van der Waals surface area contributed by atoms with Gasteiger partial charge in [0.1, 0.15) is 0 Å². The molecule has 0 saturated heterocycles. The van der Waals surface area contributed by atoms with Crippen LogP contribution in [-0.4, -0.2) is 22.8 Å². The molecule has 2 N–H and O–H groups in total. The summed E-state index contributed by atoms with van der Waals surface area (Å²) in [7, 11) is 0. The Morgan fingerprint density at radius 1 is 1.00 bits per heavy atom. The number of hydrogen-bond donors (Lipinski definition) is 2. The fraction of sp³-hybridized carbons (Fsp3) is 0.909. The molecule has 0 atom stereocenters.